The number of ether oxygens (including phenoxy) is 1. The van der Waals surface area contributed by atoms with Crippen molar-refractivity contribution < 1.29 is 9.53 Å². The van der Waals surface area contributed by atoms with Crippen LogP contribution in [0.4, 0.5) is 0 Å². The molecule has 0 saturated heterocycles. The number of hydrogen-bond donors (Lipinski definition) is 0. The molecule has 0 N–H and O–H groups in total. The Morgan fingerprint density at radius 2 is 2.11 bits per heavy atom. The smallest absolute Gasteiger partial charge is 0.227 e. The molecule has 2 rings (SSSR count). The quantitative estimate of drug-likeness (QED) is 0.774. The minimum absolute atomic E-state index is 0.188. The van der Waals surface area contributed by atoms with Gasteiger partial charge < -0.3 is 9.64 Å². The van der Waals surface area contributed by atoms with Crippen molar-refractivity contribution in [2.45, 2.75) is 19.8 Å². The van der Waals surface area contributed by atoms with Gasteiger partial charge in [-0.3, -0.25) is 4.79 Å². The Morgan fingerprint density at radius 1 is 1.37 bits per heavy atom. The Balaban J connectivity index is 2.19. The zero-order valence-electron chi connectivity index (χ0n) is 11.1. The predicted octanol–water partition coefficient (Wildman–Crippen LogP) is 2.68. The summed E-state index contributed by atoms with van der Waals surface area (Å²) >= 11 is 0. The maximum absolute atomic E-state index is 11.9. The SMILES string of the molecule is C#CCOc1ccc(C2=CCCC(=O)N2CC)cc1. The Bertz CT molecular complexity index is 523. The van der Waals surface area contributed by atoms with Crippen LogP contribution in [0, 0.1) is 12.3 Å². The first-order chi connectivity index (χ1) is 9.26. The Morgan fingerprint density at radius 3 is 2.74 bits per heavy atom. The van der Waals surface area contributed by atoms with Gasteiger partial charge in [0, 0.05) is 18.7 Å². The maximum atomic E-state index is 11.9. The molecule has 0 atom stereocenters. The highest BCUT2D eigenvalue weighted by molar-refractivity contribution is 5.89. The zero-order valence-corrected chi connectivity index (χ0v) is 11.1. The van der Waals surface area contributed by atoms with Gasteiger partial charge in [0.1, 0.15) is 12.4 Å². The Hall–Kier alpha value is -2.21. The lowest BCUT2D eigenvalue weighted by Crippen LogP contribution is -2.31. The lowest BCUT2D eigenvalue weighted by Gasteiger charge is -2.27. The third kappa shape index (κ3) is 2.97. The van der Waals surface area contributed by atoms with Crippen LogP contribution >= 0.6 is 0 Å². The summed E-state index contributed by atoms with van der Waals surface area (Å²) < 4.78 is 5.34. The van der Waals surface area contributed by atoms with E-state index < -0.39 is 0 Å². The highest BCUT2D eigenvalue weighted by atomic mass is 16.5. The van der Waals surface area contributed by atoms with Crippen LogP contribution in [0.3, 0.4) is 0 Å². The fourth-order valence-corrected chi connectivity index (χ4v) is 2.18. The second kappa shape index (κ2) is 6.10. The number of nitrogens with zero attached hydrogens (tertiary/aromatic N) is 1. The molecule has 1 aliphatic rings. The number of hydrogen-bond acceptors (Lipinski definition) is 2. The maximum Gasteiger partial charge on any atom is 0.227 e. The number of allylic oxidation sites excluding steroid dienone is 1. The van der Waals surface area contributed by atoms with Gasteiger partial charge in [-0.25, -0.2) is 0 Å². The van der Waals surface area contributed by atoms with Crippen molar-refractivity contribution >= 4 is 11.6 Å². The van der Waals surface area contributed by atoms with Gasteiger partial charge in [0.25, 0.3) is 0 Å². The van der Waals surface area contributed by atoms with Crippen molar-refractivity contribution in [3.63, 3.8) is 0 Å². The van der Waals surface area contributed by atoms with Gasteiger partial charge in [-0.2, -0.15) is 0 Å². The van der Waals surface area contributed by atoms with E-state index in [0.29, 0.717) is 13.0 Å². The highest BCUT2D eigenvalue weighted by Crippen LogP contribution is 2.26. The Labute approximate surface area is 113 Å². The minimum Gasteiger partial charge on any atom is -0.481 e. The van der Waals surface area contributed by atoms with Gasteiger partial charge >= 0.3 is 0 Å². The predicted molar refractivity (Wildman–Crippen MR) is 75.4 cm³/mol. The van der Waals surface area contributed by atoms with Crippen molar-refractivity contribution in [1.82, 2.24) is 4.90 Å². The molecule has 0 spiro atoms. The van der Waals surface area contributed by atoms with Crippen molar-refractivity contribution in [1.29, 1.82) is 0 Å². The molecule has 0 radical (unpaired) electrons. The summed E-state index contributed by atoms with van der Waals surface area (Å²) in [6.07, 6.45) is 8.66. The summed E-state index contributed by atoms with van der Waals surface area (Å²) in [5.41, 5.74) is 2.02. The minimum atomic E-state index is 0.188. The summed E-state index contributed by atoms with van der Waals surface area (Å²) in [6, 6.07) is 7.67. The molecule has 3 heteroatoms. The zero-order chi connectivity index (χ0) is 13.7. The number of carbonyl (C=O) groups excluding carboxylic acids is 1. The molecule has 0 bridgehead atoms. The average molecular weight is 255 g/mol. The normalized spacial score (nSPS) is 14.8. The molecule has 3 nitrogen and oxygen atoms in total. The van der Waals surface area contributed by atoms with E-state index in [4.69, 9.17) is 11.2 Å². The average Bonchev–Trinajstić information content (AvgIpc) is 2.45. The fraction of sp³-hybridized carbons (Fsp3) is 0.312. The van der Waals surface area contributed by atoms with E-state index in [1.54, 1.807) is 0 Å². The third-order valence-electron chi connectivity index (χ3n) is 3.08. The van der Waals surface area contributed by atoms with Gasteiger partial charge in [-0.15, -0.1) is 6.42 Å². The van der Waals surface area contributed by atoms with E-state index in [0.717, 1.165) is 23.4 Å². The second-order valence-electron chi connectivity index (χ2n) is 4.28. The summed E-state index contributed by atoms with van der Waals surface area (Å²) in [7, 11) is 0. The van der Waals surface area contributed by atoms with Gasteiger partial charge in [-0.05, 0) is 43.2 Å². The Kier molecular flexibility index (Phi) is 4.25. The van der Waals surface area contributed by atoms with Gasteiger partial charge in [0.05, 0.1) is 0 Å². The van der Waals surface area contributed by atoms with E-state index in [2.05, 4.69) is 12.0 Å². The molecule has 1 amide bonds. The lowest BCUT2D eigenvalue weighted by molar-refractivity contribution is -0.128. The van der Waals surface area contributed by atoms with Gasteiger partial charge in [-0.1, -0.05) is 12.0 Å². The molecule has 98 valence electrons. The molecule has 1 aliphatic heterocycles. The molecular formula is C16H17NO2. The number of terminal acetylenes is 1. The third-order valence-corrected chi connectivity index (χ3v) is 3.08. The monoisotopic (exact) mass is 255 g/mol. The molecule has 1 aromatic rings. The molecule has 0 saturated carbocycles. The first-order valence-corrected chi connectivity index (χ1v) is 6.43. The molecular weight excluding hydrogens is 238 g/mol. The van der Waals surface area contributed by atoms with Crippen molar-refractivity contribution in [3.8, 4) is 18.1 Å². The van der Waals surface area contributed by atoms with Crippen LogP contribution in [0.5, 0.6) is 5.75 Å². The number of benzene rings is 1. The van der Waals surface area contributed by atoms with Crippen LogP contribution in [0.2, 0.25) is 0 Å². The number of amides is 1. The molecule has 0 aromatic heterocycles. The molecule has 1 heterocycles. The van der Waals surface area contributed by atoms with E-state index in [-0.39, 0.29) is 12.5 Å². The molecule has 0 fully saturated rings. The van der Waals surface area contributed by atoms with E-state index >= 15 is 0 Å². The molecule has 19 heavy (non-hydrogen) atoms. The standard InChI is InChI=1S/C16H17NO2/c1-3-12-19-14-10-8-13(9-11-14)15-6-5-7-16(18)17(15)4-2/h1,6,8-11H,4-5,7,12H2,2H3. The first-order valence-electron chi connectivity index (χ1n) is 6.43. The van der Waals surface area contributed by atoms with Gasteiger partial charge in [0.2, 0.25) is 5.91 Å². The van der Waals surface area contributed by atoms with Crippen LogP contribution in [0.1, 0.15) is 25.3 Å². The van der Waals surface area contributed by atoms with Gasteiger partial charge in [0.15, 0.2) is 0 Å². The summed E-state index contributed by atoms with van der Waals surface area (Å²) in [4.78, 5) is 13.7. The summed E-state index contributed by atoms with van der Waals surface area (Å²) in [5.74, 6) is 3.36. The van der Waals surface area contributed by atoms with Crippen LogP contribution in [0.15, 0.2) is 30.3 Å². The van der Waals surface area contributed by atoms with Crippen molar-refractivity contribution in [2.75, 3.05) is 13.2 Å². The topological polar surface area (TPSA) is 29.5 Å². The molecule has 0 unspecified atom stereocenters. The van der Waals surface area contributed by atoms with Crippen molar-refractivity contribution in [3.05, 3.63) is 35.9 Å². The summed E-state index contributed by atoms with van der Waals surface area (Å²) in [5, 5.41) is 0. The lowest BCUT2D eigenvalue weighted by atomic mass is 10.0. The molecule has 0 aliphatic carbocycles. The second-order valence-corrected chi connectivity index (χ2v) is 4.28. The van der Waals surface area contributed by atoms with Crippen LogP contribution < -0.4 is 4.74 Å². The highest BCUT2D eigenvalue weighted by Gasteiger charge is 2.20. The van der Waals surface area contributed by atoms with Crippen LogP contribution in [0.25, 0.3) is 5.70 Å². The van der Waals surface area contributed by atoms with Crippen molar-refractivity contribution in [2.24, 2.45) is 0 Å². The van der Waals surface area contributed by atoms with Crippen LogP contribution in [-0.2, 0) is 4.79 Å². The fourth-order valence-electron chi connectivity index (χ4n) is 2.18. The summed E-state index contributed by atoms with van der Waals surface area (Å²) in [6.45, 7) is 2.95. The van der Waals surface area contributed by atoms with Crippen LogP contribution in [-0.4, -0.2) is 24.0 Å². The van der Waals surface area contributed by atoms with E-state index in [1.807, 2.05) is 36.1 Å². The first kappa shape index (κ1) is 13.2. The van der Waals surface area contributed by atoms with E-state index in [9.17, 15) is 4.79 Å². The number of carbonyl (C=O) groups is 1. The molecule has 1 aromatic carbocycles. The number of rotatable bonds is 4. The largest absolute Gasteiger partial charge is 0.481 e. The van der Waals surface area contributed by atoms with E-state index in [1.165, 1.54) is 0 Å².